The first-order valence-corrected chi connectivity index (χ1v) is 6.53. The molecule has 1 aromatic carbocycles. The molecule has 0 aliphatic carbocycles. The van der Waals surface area contributed by atoms with Crippen LogP contribution < -0.4 is 5.73 Å². The van der Waals surface area contributed by atoms with Crippen LogP contribution in [0.15, 0.2) is 23.1 Å². The third-order valence-electron chi connectivity index (χ3n) is 3.09. The van der Waals surface area contributed by atoms with Crippen molar-refractivity contribution < 1.29 is 5.11 Å². The van der Waals surface area contributed by atoms with Crippen molar-refractivity contribution in [1.29, 1.82) is 0 Å². The lowest BCUT2D eigenvalue weighted by molar-refractivity contribution is 0.0376. The first kappa shape index (κ1) is 13.4. The van der Waals surface area contributed by atoms with E-state index in [1.807, 2.05) is 45.9 Å². The SMILES string of the molecule is Cc1c(N)cccc1SCC(C)(O)C(C)C. The van der Waals surface area contributed by atoms with Gasteiger partial charge in [0.15, 0.2) is 0 Å². The molecule has 1 unspecified atom stereocenters. The molecular formula is C13H21NOS. The Balaban J connectivity index is 2.72. The van der Waals surface area contributed by atoms with E-state index in [0.29, 0.717) is 5.75 Å². The first-order chi connectivity index (χ1) is 7.34. The van der Waals surface area contributed by atoms with E-state index < -0.39 is 5.60 Å². The molecule has 3 heteroatoms. The van der Waals surface area contributed by atoms with E-state index in [-0.39, 0.29) is 5.92 Å². The normalized spacial score (nSPS) is 15.1. The monoisotopic (exact) mass is 239 g/mol. The van der Waals surface area contributed by atoms with Gasteiger partial charge in [-0.15, -0.1) is 11.8 Å². The number of anilines is 1. The van der Waals surface area contributed by atoms with E-state index in [2.05, 4.69) is 0 Å². The van der Waals surface area contributed by atoms with Crippen molar-refractivity contribution >= 4 is 17.4 Å². The Morgan fingerprint density at radius 2 is 2.06 bits per heavy atom. The number of nitrogens with two attached hydrogens (primary N) is 1. The van der Waals surface area contributed by atoms with Crippen molar-refractivity contribution in [2.24, 2.45) is 5.92 Å². The maximum atomic E-state index is 10.2. The Morgan fingerprint density at radius 3 is 2.62 bits per heavy atom. The minimum atomic E-state index is -0.637. The molecule has 16 heavy (non-hydrogen) atoms. The van der Waals surface area contributed by atoms with Crippen LogP contribution in [-0.2, 0) is 0 Å². The van der Waals surface area contributed by atoms with E-state index in [9.17, 15) is 5.11 Å². The molecule has 1 rings (SSSR count). The molecule has 1 atom stereocenters. The van der Waals surface area contributed by atoms with Crippen molar-refractivity contribution in [2.75, 3.05) is 11.5 Å². The van der Waals surface area contributed by atoms with E-state index in [1.165, 1.54) is 0 Å². The minimum absolute atomic E-state index is 0.251. The predicted molar refractivity (Wildman–Crippen MR) is 71.8 cm³/mol. The molecule has 0 saturated carbocycles. The van der Waals surface area contributed by atoms with Gasteiger partial charge in [0.05, 0.1) is 5.60 Å². The van der Waals surface area contributed by atoms with Crippen molar-refractivity contribution in [3.05, 3.63) is 23.8 Å². The van der Waals surface area contributed by atoms with Crippen molar-refractivity contribution in [3.8, 4) is 0 Å². The summed E-state index contributed by atoms with van der Waals surface area (Å²) >= 11 is 1.67. The van der Waals surface area contributed by atoms with Crippen molar-refractivity contribution in [2.45, 2.75) is 38.2 Å². The van der Waals surface area contributed by atoms with Crippen LogP contribution in [0.25, 0.3) is 0 Å². The summed E-state index contributed by atoms with van der Waals surface area (Å²) in [7, 11) is 0. The molecule has 0 aromatic heterocycles. The molecule has 0 saturated heterocycles. The second-order valence-corrected chi connectivity index (χ2v) is 5.79. The number of nitrogen functional groups attached to an aromatic ring is 1. The fourth-order valence-corrected chi connectivity index (χ4v) is 2.47. The summed E-state index contributed by atoms with van der Waals surface area (Å²) < 4.78 is 0. The van der Waals surface area contributed by atoms with E-state index in [0.717, 1.165) is 16.1 Å². The van der Waals surface area contributed by atoms with Gasteiger partial charge in [-0.3, -0.25) is 0 Å². The van der Waals surface area contributed by atoms with Gasteiger partial charge in [0.2, 0.25) is 0 Å². The van der Waals surface area contributed by atoms with Gasteiger partial charge < -0.3 is 10.8 Å². The fourth-order valence-electron chi connectivity index (χ4n) is 1.18. The van der Waals surface area contributed by atoms with E-state index in [1.54, 1.807) is 11.8 Å². The highest BCUT2D eigenvalue weighted by atomic mass is 32.2. The molecule has 0 aliphatic rings. The van der Waals surface area contributed by atoms with Gasteiger partial charge in [0.1, 0.15) is 0 Å². The number of hydrogen-bond donors (Lipinski definition) is 2. The molecule has 0 spiro atoms. The molecule has 0 heterocycles. The Hall–Kier alpha value is -0.670. The van der Waals surface area contributed by atoms with Crippen LogP contribution in [0.2, 0.25) is 0 Å². The molecule has 1 aromatic rings. The number of rotatable bonds is 4. The molecule has 0 amide bonds. The zero-order valence-corrected chi connectivity index (χ0v) is 11.3. The van der Waals surface area contributed by atoms with E-state index in [4.69, 9.17) is 5.73 Å². The third-order valence-corrected chi connectivity index (χ3v) is 4.57. The molecule has 0 bridgehead atoms. The summed E-state index contributed by atoms with van der Waals surface area (Å²) in [5, 5.41) is 10.2. The average molecular weight is 239 g/mol. The summed E-state index contributed by atoms with van der Waals surface area (Å²) in [4.78, 5) is 1.15. The number of benzene rings is 1. The highest BCUT2D eigenvalue weighted by Crippen LogP contribution is 2.30. The highest BCUT2D eigenvalue weighted by Gasteiger charge is 2.25. The Kier molecular flexibility index (Phi) is 4.28. The van der Waals surface area contributed by atoms with Gasteiger partial charge in [-0.2, -0.15) is 0 Å². The minimum Gasteiger partial charge on any atom is -0.398 e. The summed E-state index contributed by atoms with van der Waals surface area (Å²) in [5.41, 5.74) is 7.12. The first-order valence-electron chi connectivity index (χ1n) is 5.55. The predicted octanol–water partition coefficient (Wildman–Crippen LogP) is 3.08. The standard InChI is InChI=1S/C13H21NOS/c1-9(2)13(4,15)8-16-12-7-5-6-11(14)10(12)3/h5-7,9,15H,8,14H2,1-4H3. The summed E-state index contributed by atoms with van der Waals surface area (Å²) in [6.45, 7) is 7.97. The van der Waals surface area contributed by atoms with Crippen LogP contribution in [0.1, 0.15) is 26.3 Å². The lowest BCUT2D eigenvalue weighted by atomic mass is 9.95. The van der Waals surface area contributed by atoms with Crippen molar-refractivity contribution in [1.82, 2.24) is 0 Å². The maximum Gasteiger partial charge on any atom is 0.0736 e. The second kappa shape index (κ2) is 5.11. The van der Waals surface area contributed by atoms with Gasteiger partial charge in [0.25, 0.3) is 0 Å². The van der Waals surface area contributed by atoms with Crippen LogP contribution in [0, 0.1) is 12.8 Å². The molecular weight excluding hydrogens is 218 g/mol. The number of thioether (sulfide) groups is 1. The van der Waals surface area contributed by atoms with E-state index >= 15 is 0 Å². The lowest BCUT2D eigenvalue weighted by Crippen LogP contribution is -2.33. The highest BCUT2D eigenvalue weighted by molar-refractivity contribution is 7.99. The smallest absolute Gasteiger partial charge is 0.0736 e. The number of hydrogen-bond acceptors (Lipinski definition) is 3. The Labute approximate surface area is 102 Å². The molecule has 0 aliphatic heterocycles. The zero-order chi connectivity index (χ0) is 12.3. The quantitative estimate of drug-likeness (QED) is 0.627. The zero-order valence-electron chi connectivity index (χ0n) is 10.4. The van der Waals surface area contributed by atoms with Crippen LogP contribution in [0.5, 0.6) is 0 Å². The fraction of sp³-hybridized carbons (Fsp3) is 0.538. The van der Waals surface area contributed by atoms with Crippen LogP contribution in [0.3, 0.4) is 0 Å². The summed E-state index contributed by atoms with van der Waals surface area (Å²) in [6, 6.07) is 5.90. The van der Waals surface area contributed by atoms with Gasteiger partial charge in [-0.1, -0.05) is 19.9 Å². The third kappa shape index (κ3) is 3.16. The summed E-state index contributed by atoms with van der Waals surface area (Å²) in [6.07, 6.45) is 0. The van der Waals surface area contributed by atoms with Gasteiger partial charge in [-0.05, 0) is 37.5 Å². The molecule has 0 fully saturated rings. The Morgan fingerprint density at radius 1 is 1.44 bits per heavy atom. The molecule has 3 N–H and O–H groups in total. The van der Waals surface area contributed by atoms with Crippen LogP contribution in [0.4, 0.5) is 5.69 Å². The van der Waals surface area contributed by atoms with Crippen LogP contribution >= 0.6 is 11.8 Å². The number of aliphatic hydroxyl groups is 1. The van der Waals surface area contributed by atoms with Gasteiger partial charge >= 0.3 is 0 Å². The largest absolute Gasteiger partial charge is 0.398 e. The molecule has 90 valence electrons. The van der Waals surface area contributed by atoms with Crippen molar-refractivity contribution in [3.63, 3.8) is 0 Å². The molecule has 0 radical (unpaired) electrons. The summed E-state index contributed by atoms with van der Waals surface area (Å²) in [5.74, 6) is 0.941. The Bertz CT molecular complexity index is 361. The topological polar surface area (TPSA) is 46.2 Å². The second-order valence-electron chi connectivity index (χ2n) is 4.77. The van der Waals surface area contributed by atoms with Gasteiger partial charge in [-0.25, -0.2) is 0 Å². The average Bonchev–Trinajstić information content (AvgIpc) is 2.20. The molecule has 2 nitrogen and oxygen atoms in total. The maximum absolute atomic E-state index is 10.2. The van der Waals surface area contributed by atoms with Crippen LogP contribution in [-0.4, -0.2) is 16.5 Å². The lowest BCUT2D eigenvalue weighted by Gasteiger charge is -2.27. The van der Waals surface area contributed by atoms with Gasteiger partial charge in [0, 0.05) is 16.3 Å².